The summed E-state index contributed by atoms with van der Waals surface area (Å²) in [4.78, 5) is 3.09. The Bertz CT molecular complexity index is 89.6. The number of hydrogen-bond acceptors (Lipinski definition) is 1. The lowest BCUT2D eigenvalue weighted by Crippen LogP contribution is -2.30. The molecule has 0 saturated heterocycles. The zero-order valence-electron chi connectivity index (χ0n) is 8.10. The van der Waals surface area contributed by atoms with Gasteiger partial charge in [-0.25, -0.2) is 0 Å². The molecule has 0 rings (SSSR count). The van der Waals surface area contributed by atoms with Gasteiger partial charge in [0, 0.05) is 11.4 Å². The topological polar surface area (TPSA) is 3.24 Å². The second-order valence-electron chi connectivity index (χ2n) is 3.14. The monoisotopic (exact) mass is 221 g/mol. The minimum atomic E-state index is 0.628. The van der Waals surface area contributed by atoms with Crippen LogP contribution in [-0.4, -0.2) is 29.4 Å². The molecular weight excluding hydrogens is 202 g/mol. The van der Waals surface area contributed by atoms with Crippen LogP contribution in [-0.2, 0) is 0 Å². The number of halogens is 1. The van der Waals surface area contributed by atoms with Crippen molar-refractivity contribution in [2.24, 2.45) is 5.92 Å². The van der Waals surface area contributed by atoms with Gasteiger partial charge in [-0.2, -0.15) is 0 Å². The highest BCUT2D eigenvalue weighted by atomic mass is 79.9. The fourth-order valence-corrected chi connectivity index (χ4v) is 1.20. The lowest BCUT2D eigenvalue weighted by Gasteiger charge is -2.24. The summed E-state index contributed by atoms with van der Waals surface area (Å²) in [5.74, 6) is 0.745. The van der Waals surface area contributed by atoms with Crippen LogP contribution in [0.2, 0.25) is 0 Å². The SMILES string of the molecule is CCN(CC)CC(C)C(C)Br. The molecule has 2 heteroatoms. The summed E-state index contributed by atoms with van der Waals surface area (Å²) in [5.41, 5.74) is 0. The van der Waals surface area contributed by atoms with Crippen molar-refractivity contribution in [1.29, 1.82) is 0 Å². The molecule has 0 aliphatic carbocycles. The fourth-order valence-electron chi connectivity index (χ4n) is 1.03. The molecule has 0 amide bonds. The lowest BCUT2D eigenvalue weighted by molar-refractivity contribution is 0.261. The molecule has 2 atom stereocenters. The molecule has 0 radical (unpaired) electrons. The maximum atomic E-state index is 3.60. The Morgan fingerprint density at radius 3 is 1.91 bits per heavy atom. The van der Waals surface area contributed by atoms with E-state index < -0.39 is 0 Å². The second kappa shape index (κ2) is 6.01. The highest BCUT2D eigenvalue weighted by molar-refractivity contribution is 9.09. The first-order valence-electron chi connectivity index (χ1n) is 4.48. The minimum Gasteiger partial charge on any atom is -0.304 e. The average molecular weight is 222 g/mol. The van der Waals surface area contributed by atoms with Crippen LogP contribution in [0.1, 0.15) is 27.7 Å². The molecule has 0 saturated carbocycles. The van der Waals surface area contributed by atoms with E-state index in [1.807, 2.05) is 0 Å². The second-order valence-corrected chi connectivity index (χ2v) is 4.59. The maximum absolute atomic E-state index is 3.60. The van der Waals surface area contributed by atoms with Crippen molar-refractivity contribution >= 4 is 15.9 Å². The molecule has 0 spiro atoms. The summed E-state index contributed by atoms with van der Waals surface area (Å²) in [6.45, 7) is 12.5. The third-order valence-corrected chi connectivity index (χ3v) is 3.13. The molecule has 0 aliphatic rings. The van der Waals surface area contributed by atoms with E-state index in [0.29, 0.717) is 4.83 Å². The van der Waals surface area contributed by atoms with Crippen molar-refractivity contribution < 1.29 is 0 Å². The molecule has 0 aromatic heterocycles. The van der Waals surface area contributed by atoms with Crippen molar-refractivity contribution in [2.75, 3.05) is 19.6 Å². The van der Waals surface area contributed by atoms with Crippen molar-refractivity contribution in [3.05, 3.63) is 0 Å². The number of nitrogens with zero attached hydrogens (tertiary/aromatic N) is 1. The molecule has 0 N–H and O–H groups in total. The summed E-state index contributed by atoms with van der Waals surface area (Å²) in [5, 5.41) is 0. The zero-order chi connectivity index (χ0) is 8.85. The van der Waals surface area contributed by atoms with Gasteiger partial charge in [0.1, 0.15) is 0 Å². The van der Waals surface area contributed by atoms with Gasteiger partial charge in [0.2, 0.25) is 0 Å². The van der Waals surface area contributed by atoms with Crippen LogP contribution >= 0.6 is 15.9 Å². The smallest absolute Gasteiger partial charge is 0.0155 e. The first-order chi connectivity index (χ1) is 5.11. The number of hydrogen-bond donors (Lipinski definition) is 0. The van der Waals surface area contributed by atoms with Crippen LogP contribution in [0.15, 0.2) is 0 Å². The molecule has 0 aromatic rings. The molecule has 1 nitrogen and oxygen atoms in total. The van der Waals surface area contributed by atoms with E-state index in [9.17, 15) is 0 Å². The van der Waals surface area contributed by atoms with E-state index in [0.717, 1.165) is 5.92 Å². The molecule has 0 heterocycles. The predicted octanol–water partition coefficient (Wildman–Crippen LogP) is 2.75. The van der Waals surface area contributed by atoms with E-state index >= 15 is 0 Å². The first-order valence-corrected chi connectivity index (χ1v) is 5.39. The fraction of sp³-hybridized carbons (Fsp3) is 1.00. The molecule has 0 bridgehead atoms. The molecule has 11 heavy (non-hydrogen) atoms. The Morgan fingerprint density at radius 2 is 1.64 bits per heavy atom. The van der Waals surface area contributed by atoms with E-state index in [-0.39, 0.29) is 0 Å². The van der Waals surface area contributed by atoms with Gasteiger partial charge >= 0.3 is 0 Å². The third-order valence-electron chi connectivity index (χ3n) is 2.22. The van der Waals surface area contributed by atoms with Gasteiger partial charge in [0.15, 0.2) is 0 Å². The van der Waals surface area contributed by atoms with Gasteiger partial charge in [0.25, 0.3) is 0 Å². The highest BCUT2D eigenvalue weighted by Gasteiger charge is 2.11. The third kappa shape index (κ3) is 4.81. The van der Waals surface area contributed by atoms with E-state index in [1.165, 1.54) is 19.6 Å². The first kappa shape index (κ1) is 11.4. The predicted molar refractivity (Wildman–Crippen MR) is 55.3 cm³/mol. The van der Waals surface area contributed by atoms with Gasteiger partial charge in [-0.15, -0.1) is 0 Å². The maximum Gasteiger partial charge on any atom is 0.0155 e. The van der Waals surface area contributed by atoms with Gasteiger partial charge in [-0.05, 0) is 19.0 Å². The Labute approximate surface area is 79.3 Å². The molecule has 0 aliphatic heterocycles. The molecule has 0 fully saturated rings. The molecular formula is C9H20BrN. The molecule has 2 unspecified atom stereocenters. The van der Waals surface area contributed by atoms with E-state index in [4.69, 9.17) is 0 Å². The Kier molecular flexibility index (Phi) is 6.25. The highest BCUT2D eigenvalue weighted by Crippen LogP contribution is 2.12. The minimum absolute atomic E-state index is 0.628. The standard InChI is InChI=1S/C9H20BrN/c1-5-11(6-2)7-8(3)9(4)10/h8-9H,5-7H2,1-4H3. The van der Waals surface area contributed by atoms with Gasteiger partial charge in [-0.3, -0.25) is 0 Å². The van der Waals surface area contributed by atoms with Crippen LogP contribution in [0, 0.1) is 5.92 Å². The summed E-state index contributed by atoms with van der Waals surface area (Å²) in [7, 11) is 0. The lowest BCUT2D eigenvalue weighted by atomic mass is 10.1. The average Bonchev–Trinajstić information content (AvgIpc) is 1.99. The van der Waals surface area contributed by atoms with Crippen LogP contribution in [0.3, 0.4) is 0 Å². The van der Waals surface area contributed by atoms with Crippen molar-refractivity contribution in [3.8, 4) is 0 Å². The number of rotatable bonds is 5. The van der Waals surface area contributed by atoms with Crippen molar-refractivity contribution in [2.45, 2.75) is 32.5 Å². The molecule has 68 valence electrons. The van der Waals surface area contributed by atoms with Gasteiger partial charge in [0.05, 0.1) is 0 Å². The van der Waals surface area contributed by atoms with Crippen LogP contribution < -0.4 is 0 Å². The van der Waals surface area contributed by atoms with Crippen molar-refractivity contribution in [1.82, 2.24) is 4.90 Å². The Morgan fingerprint density at radius 1 is 1.18 bits per heavy atom. The summed E-state index contributed by atoms with van der Waals surface area (Å²) in [6.07, 6.45) is 0. The normalized spacial score (nSPS) is 16.9. The van der Waals surface area contributed by atoms with Crippen LogP contribution in [0.4, 0.5) is 0 Å². The van der Waals surface area contributed by atoms with Gasteiger partial charge < -0.3 is 4.90 Å². The van der Waals surface area contributed by atoms with E-state index in [1.54, 1.807) is 0 Å². The zero-order valence-corrected chi connectivity index (χ0v) is 9.69. The Balaban J connectivity index is 3.62. The van der Waals surface area contributed by atoms with Crippen LogP contribution in [0.25, 0.3) is 0 Å². The molecule has 0 aromatic carbocycles. The van der Waals surface area contributed by atoms with Crippen molar-refractivity contribution in [3.63, 3.8) is 0 Å². The van der Waals surface area contributed by atoms with Gasteiger partial charge in [-0.1, -0.05) is 43.6 Å². The summed E-state index contributed by atoms with van der Waals surface area (Å²) < 4.78 is 0. The summed E-state index contributed by atoms with van der Waals surface area (Å²) >= 11 is 3.60. The number of alkyl halides is 1. The quantitative estimate of drug-likeness (QED) is 0.646. The summed E-state index contributed by atoms with van der Waals surface area (Å²) in [6, 6.07) is 0. The largest absolute Gasteiger partial charge is 0.304 e. The Hall–Kier alpha value is 0.440. The van der Waals surface area contributed by atoms with E-state index in [2.05, 4.69) is 48.5 Å². The van der Waals surface area contributed by atoms with Crippen LogP contribution in [0.5, 0.6) is 0 Å².